The number of nitrogens with one attached hydrogen (secondary N) is 2. The Balaban J connectivity index is 1.57. The van der Waals surface area contributed by atoms with Gasteiger partial charge in [0.2, 0.25) is 0 Å². The number of hydrogen-bond donors (Lipinski definition) is 2. The van der Waals surface area contributed by atoms with Crippen LogP contribution in [-0.2, 0) is 4.79 Å². The van der Waals surface area contributed by atoms with Crippen molar-refractivity contribution in [3.63, 3.8) is 0 Å². The predicted octanol–water partition coefficient (Wildman–Crippen LogP) is 4.47. The van der Waals surface area contributed by atoms with Crippen molar-refractivity contribution in [2.45, 2.75) is 20.8 Å². The molecule has 0 saturated heterocycles. The summed E-state index contributed by atoms with van der Waals surface area (Å²) in [5.41, 5.74) is 4.21. The number of amides is 2. The number of aryl methyl sites for hydroxylation is 3. The average molecular weight is 378 g/mol. The van der Waals surface area contributed by atoms with E-state index in [4.69, 9.17) is 9.15 Å². The summed E-state index contributed by atoms with van der Waals surface area (Å²) >= 11 is 0. The number of benzene rings is 2. The van der Waals surface area contributed by atoms with Crippen LogP contribution >= 0.6 is 0 Å². The van der Waals surface area contributed by atoms with Gasteiger partial charge in [-0.25, -0.2) is 0 Å². The molecule has 2 N–H and O–H groups in total. The number of ether oxygens (including phenoxy) is 1. The molecular formula is C22H22N2O4. The van der Waals surface area contributed by atoms with E-state index in [9.17, 15) is 9.59 Å². The molecule has 0 aliphatic heterocycles. The van der Waals surface area contributed by atoms with Crippen LogP contribution in [0.5, 0.6) is 5.75 Å². The molecule has 0 saturated carbocycles. The highest BCUT2D eigenvalue weighted by molar-refractivity contribution is 6.03. The maximum Gasteiger partial charge on any atom is 0.291 e. The Bertz CT molecular complexity index is 994. The molecule has 0 unspecified atom stereocenters. The minimum atomic E-state index is -0.327. The largest absolute Gasteiger partial charge is 0.483 e. The van der Waals surface area contributed by atoms with Crippen molar-refractivity contribution < 1.29 is 18.7 Å². The van der Waals surface area contributed by atoms with Crippen molar-refractivity contribution in [3.8, 4) is 5.75 Å². The van der Waals surface area contributed by atoms with Gasteiger partial charge in [0.15, 0.2) is 12.4 Å². The quantitative estimate of drug-likeness (QED) is 0.663. The van der Waals surface area contributed by atoms with Crippen molar-refractivity contribution in [1.82, 2.24) is 0 Å². The van der Waals surface area contributed by atoms with Gasteiger partial charge in [0.05, 0.1) is 6.26 Å². The van der Waals surface area contributed by atoms with E-state index >= 15 is 0 Å². The van der Waals surface area contributed by atoms with E-state index in [1.165, 1.54) is 6.26 Å². The Labute approximate surface area is 163 Å². The highest BCUT2D eigenvalue weighted by Gasteiger charge is 2.11. The maximum atomic E-state index is 12.2. The molecule has 0 spiro atoms. The van der Waals surface area contributed by atoms with Crippen LogP contribution in [0.1, 0.15) is 27.2 Å². The molecule has 0 bridgehead atoms. The first-order valence-electron chi connectivity index (χ1n) is 8.88. The van der Waals surface area contributed by atoms with Crippen molar-refractivity contribution >= 4 is 23.2 Å². The second-order valence-electron chi connectivity index (χ2n) is 6.57. The van der Waals surface area contributed by atoms with Crippen LogP contribution in [0.4, 0.5) is 11.4 Å². The normalized spacial score (nSPS) is 10.4. The molecule has 6 heteroatoms. The van der Waals surface area contributed by atoms with Crippen LogP contribution in [0.25, 0.3) is 0 Å². The minimum Gasteiger partial charge on any atom is -0.483 e. The van der Waals surface area contributed by atoms with Crippen LogP contribution in [0.2, 0.25) is 0 Å². The zero-order chi connectivity index (χ0) is 20.1. The van der Waals surface area contributed by atoms with Gasteiger partial charge in [-0.2, -0.15) is 0 Å². The van der Waals surface area contributed by atoms with E-state index < -0.39 is 0 Å². The van der Waals surface area contributed by atoms with Crippen LogP contribution < -0.4 is 15.4 Å². The van der Waals surface area contributed by atoms with E-state index in [0.717, 1.165) is 16.7 Å². The van der Waals surface area contributed by atoms with E-state index in [0.29, 0.717) is 17.1 Å². The first-order valence-corrected chi connectivity index (χ1v) is 8.88. The fourth-order valence-corrected chi connectivity index (χ4v) is 2.77. The van der Waals surface area contributed by atoms with Gasteiger partial charge in [-0.1, -0.05) is 17.7 Å². The fourth-order valence-electron chi connectivity index (χ4n) is 2.77. The van der Waals surface area contributed by atoms with Crippen molar-refractivity contribution in [2.24, 2.45) is 0 Å². The molecule has 0 aliphatic rings. The Kier molecular flexibility index (Phi) is 5.79. The molecule has 0 atom stereocenters. The van der Waals surface area contributed by atoms with Crippen LogP contribution in [-0.4, -0.2) is 18.4 Å². The molecule has 0 radical (unpaired) electrons. The molecule has 0 aliphatic carbocycles. The van der Waals surface area contributed by atoms with E-state index in [1.54, 1.807) is 30.3 Å². The van der Waals surface area contributed by atoms with Crippen LogP contribution in [0, 0.1) is 20.8 Å². The Morgan fingerprint density at radius 1 is 0.964 bits per heavy atom. The molecule has 0 fully saturated rings. The van der Waals surface area contributed by atoms with Crippen molar-refractivity contribution in [3.05, 3.63) is 77.2 Å². The third-order valence-electron chi connectivity index (χ3n) is 4.19. The minimum absolute atomic E-state index is 0.0834. The Morgan fingerprint density at radius 2 is 1.79 bits per heavy atom. The third kappa shape index (κ3) is 4.79. The van der Waals surface area contributed by atoms with Crippen molar-refractivity contribution in [2.75, 3.05) is 17.2 Å². The monoisotopic (exact) mass is 378 g/mol. The molecule has 144 valence electrons. The van der Waals surface area contributed by atoms with E-state index in [-0.39, 0.29) is 24.2 Å². The summed E-state index contributed by atoms with van der Waals surface area (Å²) in [6.45, 7) is 5.71. The third-order valence-corrected chi connectivity index (χ3v) is 4.19. The van der Waals surface area contributed by atoms with Gasteiger partial charge in [0, 0.05) is 11.4 Å². The Morgan fingerprint density at radius 3 is 2.46 bits per heavy atom. The average Bonchev–Trinajstić information content (AvgIpc) is 3.18. The summed E-state index contributed by atoms with van der Waals surface area (Å²) < 4.78 is 10.7. The molecule has 3 aromatic rings. The number of furan rings is 1. The van der Waals surface area contributed by atoms with Gasteiger partial charge in [0.1, 0.15) is 5.75 Å². The highest BCUT2D eigenvalue weighted by atomic mass is 16.5. The molecule has 6 nitrogen and oxygen atoms in total. The lowest BCUT2D eigenvalue weighted by Gasteiger charge is -2.12. The smallest absolute Gasteiger partial charge is 0.291 e. The molecule has 3 rings (SSSR count). The number of rotatable bonds is 6. The lowest BCUT2D eigenvalue weighted by molar-refractivity contribution is -0.118. The maximum absolute atomic E-state index is 12.2. The number of carbonyl (C=O) groups is 2. The molecule has 2 aromatic carbocycles. The molecule has 1 heterocycles. The second kappa shape index (κ2) is 8.43. The summed E-state index contributed by atoms with van der Waals surface area (Å²) in [5.74, 6) is 0.340. The first-order chi connectivity index (χ1) is 13.4. The van der Waals surface area contributed by atoms with Gasteiger partial charge < -0.3 is 19.8 Å². The zero-order valence-electron chi connectivity index (χ0n) is 16.0. The lowest BCUT2D eigenvalue weighted by Crippen LogP contribution is -2.20. The number of hydrogen-bond acceptors (Lipinski definition) is 4. The molecule has 28 heavy (non-hydrogen) atoms. The van der Waals surface area contributed by atoms with Crippen LogP contribution in [0.3, 0.4) is 0 Å². The summed E-state index contributed by atoms with van der Waals surface area (Å²) in [5, 5.41) is 5.58. The summed E-state index contributed by atoms with van der Waals surface area (Å²) in [7, 11) is 0. The topological polar surface area (TPSA) is 80.6 Å². The zero-order valence-corrected chi connectivity index (χ0v) is 16.0. The lowest BCUT2D eigenvalue weighted by atomic mass is 10.1. The first kappa shape index (κ1) is 19.2. The van der Waals surface area contributed by atoms with Gasteiger partial charge in [0.25, 0.3) is 11.8 Å². The van der Waals surface area contributed by atoms with Gasteiger partial charge in [-0.3, -0.25) is 9.59 Å². The fraction of sp³-hybridized carbons (Fsp3) is 0.182. The SMILES string of the molecule is Cc1ccc(OCC(=O)Nc2ccc(NC(=O)c3ccco3)c(C)c2)c(C)c1. The van der Waals surface area contributed by atoms with Crippen LogP contribution in [0.15, 0.2) is 59.2 Å². The second-order valence-corrected chi connectivity index (χ2v) is 6.57. The predicted molar refractivity (Wildman–Crippen MR) is 108 cm³/mol. The standard InChI is InChI=1S/C22H22N2O4/c1-14-6-9-19(16(3)11-14)28-13-21(25)23-17-7-8-18(15(2)12-17)24-22(26)20-5-4-10-27-20/h4-12H,13H2,1-3H3,(H,23,25)(H,24,26). The van der Waals surface area contributed by atoms with E-state index in [2.05, 4.69) is 10.6 Å². The molecule has 1 aromatic heterocycles. The molecule has 2 amide bonds. The number of anilines is 2. The van der Waals surface area contributed by atoms with Crippen molar-refractivity contribution in [1.29, 1.82) is 0 Å². The summed E-state index contributed by atoms with van der Waals surface area (Å²) in [6, 6.07) is 14.3. The Hall–Kier alpha value is -3.54. The summed E-state index contributed by atoms with van der Waals surface area (Å²) in [6.07, 6.45) is 1.45. The van der Waals surface area contributed by atoms with Gasteiger partial charge in [-0.15, -0.1) is 0 Å². The van der Waals surface area contributed by atoms with Gasteiger partial charge >= 0.3 is 0 Å². The number of carbonyl (C=O) groups excluding carboxylic acids is 2. The molecular weight excluding hydrogens is 356 g/mol. The highest BCUT2D eigenvalue weighted by Crippen LogP contribution is 2.21. The summed E-state index contributed by atoms with van der Waals surface area (Å²) in [4.78, 5) is 24.2. The van der Waals surface area contributed by atoms with E-state index in [1.807, 2.05) is 39.0 Å². The van der Waals surface area contributed by atoms with Gasteiger partial charge in [-0.05, 0) is 68.3 Å².